The lowest BCUT2D eigenvalue weighted by Crippen LogP contribution is -1.77. The highest BCUT2D eigenvalue weighted by molar-refractivity contribution is 9.09. The topological polar surface area (TPSA) is 0 Å². The minimum atomic E-state index is 1.14. The zero-order chi connectivity index (χ0) is 5.82. The summed E-state index contributed by atoms with van der Waals surface area (Å²) in [4.78, 5) is 0. The van der Waals surface area contributed by atoms with E-state index in [1.54, 1.807) is 5.57 Å². The smallest absolute Gasteiger partial charge is 0.00685 e. The van der Waals surface area contributed by atoms with E-state index in [1.807, 2.05) is 0 Å². The zero-order valence-corrected chi connectivity index (χ0v) is 6.58. The predicted octanol–water partition coefficient (Wildman–Crippen LogP) is 2.88. The van der Waals surface area contributed by atoms with Gasteiger partial charge in [-0.3, -0.25) is 0 Å². The summed E-state index contributed by atoms with van der Waals surface area (Å²) in [6.07, 6.45) is 7.71. The molecule has 0 saturated carbocycles. The third-order valence-corrected chi connectivity index (χ3v) is 1.95. The van der Waals surface area contributed by atoms with Gasteiger partial charge in [0, 0.05) is 5.33 Å². The fourth-order valence-corrected chi connectivity index (χ4v) is 1.60. The van der Waals surface area contributed by atoms with Crippen molar-refractivity contribution in [2.24, 2.45) is 0 Å². The minimum absolute atomic E-state index is 1.14. The van der Waals surface area contributed by atoms with Crippen molar-refractivity contribution >= 4 is 15.9 Å². The molecule has 1 heteroatoms. The standard InChI is InChI=1S/C7H11Br/c8-6-5-7-3-1-2-4-7/h3H,1-2,4-6H2. The minimum Gasteiger partial charge on any atom is -0.0925 e. The van der Waals surface area contributed by atoms with Gasteiger partial charge in [0.15, 0.2) is 0 Å². The van der Waals surface area contributed by atoms with E-state index < -0.39 is 0 Å². The van der Waals surface area contributed by atoms with Crippen LogP contribution in [0.3, 0.4) is 0 Å². The maximum absolute atomic E-state index is 3.42. The molecule has 0 fully saturated rings. The molecule has 0 saturated heterocycles. The van der Waals surface area contributed by atoms with Crippen LogP contribution in [0.4, 0.5) is 0 Å². The monoisotopic (exact) mass is 174 g/mol. The molecule has 0 spiro atoms. The van der Waals surface area contributed by atoms with E-state index in [9.17, 15) is 0 Å². The van der Waals surface area contributed by atoms with E-state index in [1.165, 1.54) is 25.7 Å². The number of rotatable bonds is 2. The maximum atomic E-state index is 3.42. The highest BCUT2D eigenvalue weighted by atomic mass is 79.9. The Bertz CT molecular complexity index is 94.6. The predicted molar refractivity (Wildman–Crippen MR) is 40.3 cm³/mol. The van der Waals surface area contributed by atoms with E-state index in [4.69, 9.17) is 0 Å². The van der Waals surface area contributed by atoms with Crippen LogP contribution >= 0.6 is 15.9 Å². The van der Waals surface area contributed by atoms with Gasteiger partial charge in [-0.15, -0.1) is 0 Å². The molecule has 1 rings (SSSR count). The van der Waals surface area contributed by atoms with Crippen LogP contribution in [0.1, 0.15) is 25.7 Å². The largest absolute Gasteiger partial charge is 0.0925 e. The fourth-order valence-electron chi connectivity index (χ4n) is 1.09. The van der Waals surface area contributed by atoms with Gasteiger partial charge in [0.25, 0.3) is 0 Å². The SMILES string of the molecule is BrCCC1=CCCC1. The summed E-state index contributed by atoms with van der Waals surface area (Å²) in [6.45, 7) is 0. The van der Waals surface area contributed by atoms with Gasteiger partial charge in [-0.2, -0.15) is 0 Å². The first-order valence-electron chi connectivity index (χ1n) is 3.17. The van der Waals surface area contributed by atoms with Crippen LogP contribution in [-0.2, 0) is 0 Å². The van der Waals surface area contributed by atoms with Crippen LogP contribution in [0.2, 0.25) is 0 Å². The van der Waals surface area contributed by atoms with E-state index in [2.05, 4.69) is 22.0 Å². The Morgan fingerprint density at radius 1 is 1.62 bits per heavy atom. The highest BCUT2D eigenvalue weighted by Crippen LogP contribution is 2.20. The molecule has 0 heterocycles. The summed E-state index contributed by atoms with van der Waals surface area (Å²) in [5.74, 6) is 0. The van der Waals surface area contributed by atoms with Crippen molar-refractivity contribution in [1.82, 2.24) is 0 Å². The van der Waals surface area contributed by atoms with Crippen LogP contribution in [-0.4, -0.2) is 5.33 Å². The lowest BCUT2D eigenvalue weighted by atomic mass is 10.2. The van der Waals surface area contributed by atoms with Crippen LogP contribution in [0, 0.1) is 0 Å². The van der Waals surface area contributed by atoms with Crippen molar-refractivity contribution in [3.05, 3.63) is 11.6 Å². The van der Waals surface area contributed by atoms with Crippen molar-refractivity contribution in [2.45, 2.75) is 25.7 Å². The summed E-state index contributed by atoms with van der Waals surface area (Å²) >= 11 is 3.42. The molecule has 0 unspecified atom stereocenters. The van der Waals surface area contributed by atoms with Crippen molar-refractivity contribution in [3.63, 3.8) is 0 Å². The molecule has 0 amide bonds. The molecule has 0 aromatic carbocycles. The Kier molecular flexibility index (Phi) is 2.60. The lowest BCUT2D eigenvalue weighted by molar-refractivity contribution is 0.883. The first-order chi connectivity index (χ1) is 3.93. The Hall–Kier alpha value is 0.220. The molecule has 0 aromatic heterocycles. The second-order valence-electron chi connectivity index (χ2n) is 2.19. The molecule has 0 N–H and O–H groups in total. The Morgan fingerprint density at radius 2 is 2.50 bits per heavy atom. The summed E-state index contributed by atoms with van der Waals surface area (Å²) in [6, 6.07) is 0. The van der Waals surface area contributed by atoms with Crippen molar-refractivity contribution < 1.29 is 0 Å². The van der Waals surface area contributed by atoms with Crippen molar-refractivity contribution in [2.75, 3.05) is 5.33 Å². The third kappa shape index (κ3) is 1.62. The van der Waals surface area contributed by atoms with Gasteiger partial charge in [0.2, 0.25) is 0 Å². The van der Waals surface area contributed by atoms with Gasteiger partial charge in [-0.05, 0) is 25.7 Å². The molecule has 0 aromatic rings. The van der Waals surface area contributed by atoms with E-state index >= 15 is 0 Å². The van der Waals surface area contributed by atoms with Crippen LogP contribution in [0.5, 0.6) is 0 Å². The number of hydrogen-bond acceptors (Lipinski definition) is 0. The molecule has 0 atom stereocenters. The van der Waals surface area contributed by atoms with E-state index in [-0.39, 0.29) is 0 Å². The summed E-state index contributed by atoms with van der Waals surface area (Å²) < 4.78 is 0. The molecular weight excluding hydrogens is 164 g/mol. The quantitative estimate of drug-likeness (QED) is 0.447. The number of hydrogen-bond donors (Lipinski definition) is 0. The van der Waals surface area contributed by atoms with Crippen molar-refractivity contribution in [3.8, 4) is 0 Å². The molecule has 0 aliphatic heterocycles. The molecule has 0 nitrogen and oxygen atoms in total. The summed E-state index contributed by atoms with van der Waals surface area (Å²) in [5, 5.41) is 1.14. The number of alkyl halides is 1. The first-order valence-corrected chi connectivity index (χ1v) is 4.29. The summed E-state index contributed by atoms with van der Waals surface area (Å²) in [7, 11) is 0. The second kappa shape index (κ2) is 3.29. The molecule has 1 aliphatic rings. The average molecular weight is 175 g/mol. The van der Waals surface area contributed by atoms with Gasteiger partial charge >= 0.3 is 0 Å². The molecular formula is C7H11Br. The average Bonchev–Trinajstić information content (AvgIpc) is 2.19. The normalized spacial score (nSPS) is 18.9. The van der Waals surface area contributed by atoms with Gasteiger partial charge in [0.05, 0.1) is 0 Å². The van der Waals surface area contributed by atoms with Gasteiger partial charge in [0.1, 0.15) is 0 Å². The lowest BCUT2D eigenvalue weighted by Gasteiger charge is -1.92. The fraction of sp³-hybridized carbons (Fsp3) is 0.714. The Labute approximate surface area is 59.1 Å². The van der Waals surface area contributed by atoms with Gasteiger partial charge in [-0.1, -0.05) is 27.6 Å². The van der Waals surface area contributed by atoms with Crippen LogP contribution in [0.15, 0.2) is 11.6 Å². The van der Waals surface area contributed by atoms with Crippen LogP contribution in [0.25, 0.3) is 0 Å². The molecule has 46 valence electrons. The van der Waals surface area contributed by atoms with Gasteiger partial charge in [-0.25, -0.2) is 0 Å². The Morgan fingerprint density at radius 3 is 3.00 bits per heavy atom. The molecule has 0 bridgehead atoms. The third-order valence-electron chi connectivity index (χ3n) is 1.55. The second-order valence-corrected chi connectivity index (χ2v) is 2.99. The number of allylic oxidation sites excluding steroid dienone is 2. The first kappa shape index (κ1) is 6.34. The molecule has 1 aliphatic carbocycles. The van der Waals surface area contributed by atoms with E-state index in [0.717, 1.165) is 5.33 Å². The maximum Gasteiger partial charge on any atom is 0.00685 e. The molecule has 0 radical (unpaired) electrons. The Balaban J connectivity index is 2.23. The summed E-state index contributed by atoms with van der Waals surface area (Å²) in [5.41, 5.74) is 1.65. The highest BCUT2D eigenvalue weighted by Gasteiger charge is 2.01. The van der Waals surface area contributed by atoms with Crippen molar-refractivity contribution in [1.29, 1.82) is 0 Å². The molecule has 8 heavy (non-hydrogen) atoms. The zero-order valence-electron chi connectivity index (χ0n) is 4.99. The van der Waals surface area contributed by atoms with Crippen LogP contribution < -0.4 is 0 Å². The van der Waals surface area contributed by atoms with E-state index in [0.29, 0.717) is 0 Å². The number of halogens is 1. The van der Waals surface area contributed by atoms with Gasteiger partial charge < -0.3 is 0 Å².